The van der Waals surface area contributed by atoms with Crippen LogP contribution in [0.25, 0.3) is 0 Å². The van der Waals surface area contributed by atoms with Crippen molar-refractivity contribution in [1.29, 1.82) is 0 Å². The minimum Gasteiger partial charge on any atom is -0.330 e. The predicted molar refractivity (Wildman–Crippen MR) is 92.1 cm³/mol. The second-order valence-electron chi connectivity index (χ2n) is 6.02. The Labute approximate surface area is 133 Å². The first-order valence-corrected chi connectivity index (χ1v) is 7.88. The number of hydrogen-bond donors (Lipinski definition) is 1. The molecule has 0 saturated carbocycles. The topological polar surface area (TPSA) is 26.0 Å². The first-order chi connectivity index (χ1) is 9.99. The molecule has 0 aliphatic carbocycles. The summed E-state index contributed by atoms with van der Waals surface area (Å²) in [6.07, 6.45) is 2.00. The third-order valence-electron chi connectivity index (χ3n) is 4.08. The first-order valence-electron chi connectivity index (χ1n) is 7.51. The number of nitrogens with two attached hydrogens (primary N) is 1. The van der Waals surface area contributed by atoms with Gasteiger partial charge in [-0.3, -0.25) is 0 Å². The SMILES string of the molecule is Cc1cc(C)c(CC(CN)Cc2cccc(Cl)c2)c(C)c1. The normalized spacial score (nSPS) is 12.4. The van der Waals surface area contributed by atoms with E-state index in [4.69, 9.17) is 17.3 Å². The fourth-order valence-corrected chi connectivity index (χ4v) is 3.27. The third kappa shape index (κ3) is 4.33. The van der Waals surface area contributed by atoms with E-state index in [2.05, 4.69) is 39.0 Å². The Bertz CT molecular complexity index is 596. The van der Waals surface area contributed by atoms with Gasteiger partial charge in [-0.25, -0.2) is 0 Å². The Morgan fingerprint density at radius 2 is 1.67 bits per heavy atom. The molecule has 112 valence electrons. The fraction of sp³-hybridized carbons (Fsp3) is 0.368. The van der Waals surface area contributed by atoms with Crippen LogP contribution in [-0.4, -0.2) is 6.54 Å². The van der Waals surface area contributed by atoms with Crippen molar-refractivity contribution in [2.45, 2.75) is 33.6 Å². The van der Waals surface area contributed by atoms with Gasteiger partial charge in [0.2, 0.25) is 0 Å². The lowest BCUT2D eigenvalue weighted by atomic mass is 9.88. The van der Waals surface area contributed by atoms with Crippen LogP contribution < -0.4 is 5.73 Å². The maximum absolute atomic E-state index is 6.07. The molecule has 0 saturated heterocycles. The summed E-state index contributed by atoms with van der Waals surface area (Å²) in [4.78, 5) is 0. The van der Waals surface area contributed by atoms with Crippen LogP contribution in [0.1, 0.15) is 27.8 Å². The van der Waals surface area contributed by atoms with E-state index in [-0.39, 0.29) is 0 Å². The zero-order valence-corrected chi connectivity index (χ0v) is 13.9. The Hall–Kier alpha value is -1.31. The lowest BCUT2D eigenvalue weighted by molar-refractivity contribution is 0.531. The van der Waals surface area contributed by atoms with Gasteiger partial charge >= 0.3 is 0 Å². The van der Waals surface area contributed by atoms with Crippen molar-refractivity contribution in [1.82, 2.24) is 0 Å². The minimum atomic E-state index is 0.448. The summed E-state index contributed by atoms with van der Waals surface area (Å²) in [5, 5.41) is 0.797. The summed E-state index contributed by atoms with van der Waals surface area (Å²) in [5.74, 6) is 0.448. The summed E-state index contributed by atoms with van der Waals surface area (Å²) in [7, 11) is 0. The number of halogens is 1. The van der Waals surface area contributed by atoms with Gasteiger partial charge in [0, 0.05) is 5.02 Å². The van der Waals surface area contributed by atoms with E-state index < -0.39 is 0 Å². The molecule has 2 N–H and O–H groups in total. The molecular weight excluding hydrogens is 278 g/mol. The summed E-state index contributed by atoms with van der Waals surface area (Å²) >= 11 is 6.07. The van der Waals surface area contributed by atoms with E-state index in [0.29, 0.717) is 12.5 Å². The summed E-state index contributed by atoms with van der Waals surface area (Å²) in [6.45, 7) is 7.24. The lowest BCUT2D eigenvalue weighted by Crippen LogP contribution is -2.20. The van der Waals surface area contributed by atoms with Gasteiger partial charge in [-0.15, -0.1) is 0 Å². The van der Waals surface area contributed by atoms with E-state index in [1.54, 1.807) is 0 Å². The minimum absolute atomic E-state index is 0.448. The van der Waals surface area contributed by atoms with Crippen molar-refractivity contribution in [3.8, 4) is 0 Å². The average Bonchev–Trinajstić information content (AvgIpc) is 2.41. The van der Waals surface area contributed by atoms with E-state index in [1.807, 2.05) is 18.2 Å². The molecular formula is C19H24ClN. The quantitative estimate of drug-likeness (QED) is 0.856. The molecule has 0 fully saturated rings. The van der Waals surface area contributed by atoms with Gasteiger partial charge in [-0.1, -0.05) is 41.4 Å². The van der Waals surface area contributed by atoms with Crippen LogP contribution in [0.3, 0.4) is 0 Å². The maximum Gasteiger partial charge on any atom is 0.0408 e. The van der Waals surface area contributed by atoms with Crippen LogP contribution in [-0.2, 0) is 12.8 Å². The van der Waals surface area contributed by atoms with Gasteiger partial charge in [0.15, 0.2) is 0 Å². The van der Waals surface area contributed by atoms with Crippen molar-refractivity contribution < 1.29 is 0 Å². The highest BCUT2D eigenvalue weighted by Gasteiger charge is 2.13. The molecule has 0 spiro atoms. The molecule has 0 bridgehead atoms. The van der Waals surface area contributed by atoms with Crippen LogP contribution in [0.5, 0.6) is 0 Å². The summed E-state index contributed by atoms with van der Waals surface area (Å²) in [5.41, 5.74) is 12.8. The van der Waals surface area contributed by atoms with Crippen LogP contribution in [0.2, 0.25) is 5.02 Å². The van der Waals surface area contributed by atoms with Gasteiger partial charge < -0.3 is 5.73 Å². The monoisotopic (exact) mass is 301 g/mol. The van der Waals surface area contributed by atoms with Crippen molar-refractivity contribution in [3.05, 3.63) is 69.2 Å². The first kappa shape index (κ1) is 16.1. The molecule has 2 rings (SSSR count). The van der Waals surface area contributed by atoms with Gasteiger partial charge in [0.1, 0.15) is 0 Å². The van der Waals surface area contributed by atoms with Gasteiger partial charge in [-0.2, -0.15) is 0 Å². The van der Waals surface area contributed by atoms with Crippen molar-refractivity contribution in [2.24, 2.45) is 11.7 Å². The molecule has 1 atom stereocenters. The number of benzene rings is 2. The van der Waals surface area contributed by atoms with Gasteiger partial charge in [0.05, 0.1) is 0 Å². The fourth-order valence-electron chi connectivity index (χ4n) is 3.06. The molecule has 2 heteroatoms. The smallest absolute Gasteiger partial charge is 0.0408 e. The van der Waals surface area contributed by atoms with Crippen molar-refractivity contribution in [2.75, 3.05) is 6.54 Å². The van der Waals surface area contributed by atoms with Crippen LogP contribution in [0, 0.1) is 26.7 Å². The second kappa shape index (κ2) is 7.11. The Balaban J connectivity index is 2.16. The third-order valence-corrected chi connectivity index (χ3v) is 4.32. The Morgan fingerprint density at radius 3 is 2.24 bits per heavy atom. The standard InChI is InChI=1S/C19H24ClN/c1-13-7-14(2)19(15(3)8-13)11-17(12-21)9-16-5-4-6-18(20)10-16/h4-8,10,17H,9,11-12,21H2,1-3H3. The van der Waals surface area contributed by atoms with E-state index in [9.17, 15) is 0 Å². The molecule has 0 heterocycles. The molecule has 2 aromatic carbocycles. The van der Waals surface area contributed by atoms with Crippen molar-refractivity contribution >= 4 is 11.6 Å². The largest absolute Gasteiger partial charge is 0.330 e. The molecule has 0 aliphatic rings. The lowest BCUT2D eigenvalue weighted by Gasteiger charge is -2.19. The molecule has 0 aromatic heterocycles. The number of aryl methyl sites for hydroxylation is 3. The summed E-state index contributed by atoms with van der Waals surface area (Å²) in [6, 6.07) is 12.6. The highest BCUT2D eigenvalue weighted by atomic mass is 35.5. The van der Waals surface area contributed by atoms with E-state index >= 15 is 0 Å². The molecule has 1 nitrogen and oxygen atoms in total. The number of rotatable bonds is 5. The van der Waals surface area contributed by atoms with Gasteiger partial charge in [0.25, 0.3) is 0 Å². The van der Waals surface area contributed by atoms with Crippen LogP contribution in [0.15, 0.2) is 36.4 Å². The number of hydrogen-bond acceptors (Lipinski definition) is 1. The molecule has 0 aliphatic heterocycles. The second-order valence-corrected chi connectivity index (χ2v) is 6.45. The molecule has 2 aromatic rings. The van der Waals surface area contributed by atoms with Crippen LogP contribution >= 0.6 is 11.6 Å². The highest BCUT2D eigenvalue weighted by molar-refractivity contribution is 6.30. The zero-order valence-electron chi connectivity index (χ0n) is 13.1. The molecule has 1 unspecified atom stereocenters. The van der Waals surface area contributed by atoms with Gasteiger partial charge in [-0.05, 0) is 80.5 Å². The molecule has 0 amide bonds. The molecule has 21 heavy (non-hydrogen) atoms. The Morgan fingerprint density at radius 1 is 1.00 bits per heavy atom. The van der Waals surface area contributed by atoms with Crippen LogP contribution in [0.4, 0.5) is 0 Å². The summed E-state index contributed by atoms with van der Waals surface area (Å²) < 4.78 is 0. The Kier molecular flexibility index (Phi) is 5.44. The average molecular weight is 302 g/mol. The highest BCUT2D eigenvalue weighted by Crippen LogP contribution is 2.22. The van der Waals surface area contributed by atoms with Crippen molar-refractivity contribution in [3.63, 3.8) is 0 Å². The van der Waals surface area contributed by atoms with E-state index in [0.717, 1.165) is 17.9 Å². The molecule has 0 radical (unpaired) electrons. The zero-order chi connectivity index (χ0) is 15.4. The predicted octanol–water partition coefficient (Wildman–Crippen LogP) is 4.63. The van der Waals surface area contributed by atoms with E-state index in [1.165, 1.54) is 27.8 Å². The maximum atomic E-state index is 6.07.